The molecule has 2 heteroatoms. The molecule has 0 aliphatic rings. The van der Waals surface area contributed by atoms with Gasteiger partial charge >= 0.3 is 0 Å². The maximum atomic E-state index is 8.81. The molecule has 2 aromatic rings. The molecule has 2 rings (SSSR count). The fourth-order valence-electron chi connectivity index (χ4n) is 2.26. The Bertz CT molecular complexity index is 557. The molecule has 0 amide bonds. The van der Waals surface area contributed by atoms with E-state index < -0.39 is 0 Å². The lowest BCUT2D eigenvalue weighted by molar-refractivity contribution is 0.153. The van der Waals surface area contributed by atoms with Crippen LogP contribution in [0.2, 0.25) is 0 Å². The summed E-state index contributed by atoms with van der Waals surface area (Å²) in [4.78, 5) is 0. The highest BCUT2D eigenvalue weighted by Gasteiger charge is 2.16. The van der Waals surface area contributed by atoms with E-state index in [2.05, 4.69) is 25.1 Å². The van der Waals surface area contributed by atoms with E-state index >= 15 is 0 Å². The average Bonchev–Trinajstić information content (AvgIpc) is 2.48. The van der Waals surface area contributed by atoms with E-state index in [-0.39, 0.29) is 6.10 Å². The van der Waals surface area contributed by atoms with Crippen molar-refractivity contribution in [3.8, 4) is 17.4 Å². The van der Waals surface area contributed by atoms with Gasteiger partial charge in [-0.1, -0.05) is 67.9 Å². The van der Waals surface area contributed by atoms with E-state index in [1.165, 1.54) is 0 Å². The number of benzene rings is 2. The van der Waals surface area contributed by atoms with Gasteiger partial charge in [-0.25, -0.2) is 0 Å². The van der Waals surface area contributed by atoms with Crippen molar-refractivity contribution in [3.63, 3.8) is 0 Å². The van der Waals surface area contributed by atoms with E-state index in [1.54, 1.807) is 0 Å². The molecular weight excluding hydrogens is 234 g/mol. The summed E-state index contributed by atoms with van der Waals surface area (Å²) in [6, 6.07) is 18.3. The predicted molar refractivity (Wildman–Crippen MR) is 76.2 cm³/mol. The van der Waals surface area contributed by atoms with Crippen LogP contribution in [0.1, 0.15) is 31.4 Å². The van der Waals surface area contributed by atoms with E-state index in [1.807, 2.05) is 42.7 Å². The molecule has 0 saturated carbocycles. The van der Waals surface area contributed by atoms with Gasteiger partial charge in [-0.3, -0.25) is 0 Å². The van der Waals surface area contributed by atoms with Gasteiger partial charge in [0.25, 0.3) is 6.26 Å². The molecule has 0 bridgehead atoms. The summed E-state index contributed by atoms with van der Waals surface area (Å²) in [7, 11) is 0. The zero-order valence-electron chi connectivity index (χ0n) is 11.0. The second-order valence-electron chi connectivity index (χ2n) is 4.44. The van der Waals surface area contributed by atoms with Gasteiger partial charge in [0.05, 0.1) is 0 Å². The highest BCUT2D eigenvalue weighted by Crippen LogP contribution is 2.32. The highest BCUT2D eigenvalue weighted by atomic mass is 16.5. The normalized spacial score (nSPS) is 11.6. The van der Waals surface area contributed by atoms with Crippen molar-refractivity contribution >= 4 is 0 Å². The number of hydrogen-bond donors (Lipinski definition) is 0. The van der Waals surface area contributed by atoms with Gasteiger partial charge in [0.15, 0.2) is 0 Å². The number of rotatable bonds is 5. The highest BCUT2D eigenvalue weighted by molar-refractivity contribution is 5.67. The molecule has 2 nitrogen and oxygen atoms in total. The number of ether oxygens (including phenoxy) is 1. The Labute approximate surface area is 114 Å². The van der Waals surface area contributed by atoms with Gasteiger partial charge in [-0.2, -0.15) is 5.26 Å². The summed E-state index contributed by atoms with van der Waals surface area (Å²) in [5, 5.41) is 8.81. The monoisotopic (exact) mass is 251 g/mol. The van der Waals surface area contributed by atoms with Crippen LogP contribution in [0.5, 0.6) is 0 Å². The molecule has 0 fully saturated rings. The van der Waals surface area contributed by atoms with Gasteiger partial charge in [0.1, 0.15) is 6.10 Å². The lowest BCUT2D eigenvalue weighted by atomic mass is 9.94. The molecule has 0 saturated heterocycles. The smallest absolute Gasteiger partial charge is 0.286 e. The van der Waals surface area contributed by atoms with E-state index in [0.29, 0.717) is 0 Å². The zero-order chi connectivity index (χ0) is 13.5. The van der Waals surface area contributed by atoms with Crippen LogP contribution >= 0.6 is 0 Å². The topological polar surface area (TPSA) is 33.0 Å². The second-order valence-corrected chi connectivity index (χ2v) is 4.44. The van der Waals surface area contributed by atoms with Crippen molar-refractivity contribution in [1.82, 2.24) is 0 Å². The molecule has 0 aliphatic heterocycles. The van der Waals surface area contributed by atoms with Crippen LogP contribution < -0.4 is 0 Å². The Morgan fingerprint density at radius 3 is 2.42 bits per heavy atom. The van der Waals surface area contributed by atoms with Crippen LogP contribution in [0.3, 0.4) is 0 Å². The van der Waals surface area contributed by atoms with Gasteiger partial charge in [-0.05, 0) is 17.5 Å². The molecule has 0 aromatic heterocycles. The summed E-state index contributed by atoms with van der Waals surface area (Å²) in [6.07, 6.45) is 3.50. The van der Waals surface area contributed by atoms with E-state index in [0.717, 1.165) is 29.5 Å². The molecule has 2 aromatic carbocycles. The Kier molecular flexibility index (Phi) is 4.58. The summed E-state index contributed by atoms with van der Waals surface area (Å²) in [5.41, 5.74) is 3.37. The second kappa shape index (κ2) is 6.61. The summed E-state index contributed by atoms with van der Waals surface area (Å²) in [6.45, 7) is 2.10. The Hall–Kier alpha value is -2.27. The third kappa shape index (κ3) is 3.14. The quantitative estimate of drug-likeness (QED) is 0.722. The van der Waals surface area contributed by atoms with Gasteiger partial charge in [-0.15, -0.1) is 0 Å². The molecule has 0 spiro atoms. The first-order chi connectivity index (χ1) is 9.36. The Balaban J connectivity index is 2.43. The number of hydrogen-bond acceptors (Lipinski definition) is 2. The van der Waals surface area contributed by atoms with Gasteiger partial charge < -0.3 is 4.74 Å². The maximum absolute atomic E-state index is 8.81. The van der Waals surface area contributed by atoms with Crippen LogP contribution in [0.15, 0.2) is 54.6 Å². The van der Waals surface area contributed by atoms with Crippen LogP contribution in [-0.2, 0) is 4.74 Å². The van der Waals surface area contributed by atoms with Crippen LogP contribution in [-0.4, -0.2) is 0 Å². The summed E-state index contributed by atoms with van der Waals surface area (Å²) < 4.78 is 5.24. The van der Waals surface area contributed by atoms with Gasteiger partial charge in [0.2, 0.25) is 0 Å². The molecule has 0 heterocycles. The van der Waals surface area contributed by atoms with Crippen molar-refractivity contribution in [3.05, 3.63) is 60.2 Å². The van der Waals surface area contributed by atoms with Gasteiger partial charge in [0, 0.05) is 5.56 Å². The first kappa shape index (κ1) is 13.2. The van der Waals surface area contributed by atoms with Crippen LogP contribution in [0.25, 0.3) is 11.1 Å². The summed E-state index contributed by atoms with van der Waals surface area (Å²) >= 11 is 0. The SMILES string of the molecule is CCCC(OC#N)c1ccccc1-c1ccccc1. The molecule has 19 heavy (non-hydrogen) atoms. The summed E-state index contributed by atoms with van der Waals surface area (Å²) in [5.74, 6) is 0. The Morgan fingerprint density at radius 1 is 1.05 bits per heavy atom. The standard InChI is InChI=1S/C17H17NO/c1-2-8-17(19-13-18)16-12-7-6-11-15(16)14-9-4-3-5-10-14/h3-7,9-12,17H,2,8H2,1H3. The fourth-order valence-corrected chi connectivity index (χ4v) is 2.26. The average molecular weight is 251 g/mol. The molecule has 0 radical (unpaired) electrons. The zero-order valence-corrected chi connectivity index (χ0v) is 11.0. The first-order valence-corrected chi connectivity index (χ1v) is 6.56. The van der Waals surface area contributed by atoms with Crippen molar-refractivity contribution in [1.29, 1.82) is 5.26 Å². The molecule has 1 unspecified atom stereocenters. The molecular formula is C17H17NO. The van der Waals surface area contributed by atoms with Crippen molar-refractivity contribution < 1.29 is 4.74 Å². The maximum Gasteiger partial charge on any atom is 0.286 e. The number of nitrogens with zero attached hydrogens (tertiary/aromatic N) is 1. The minimum Gasteiger partial charge on any atom is -0.419 e. The van der Waals surface area contributed by atoms with E-state index in [4.69, 9.17) is 10.00 Å². The minimum atomic E-state index is -0.161. The third-order valence-corrected chi connectivity index (χ3v) is 3.14. The molecule has 1 atom stereocenters. The van der Waals surface area contributed by atoms with Crippen molar-refractivity contribution in [2.45, 2.75) is 25.9 Å². The fraction of sp³-hybridized carbons (Fsp3) is 0.235. The van der Waals surface area contributed by atoms with Crippen LogP contribution in [0, 0.1) is 11.5 Å². The van der Waals surface area contributed by atoms with Crippen molar-refractivity contribution in [2.75, 3.05) is 0 Å². The van der Waals surface area contributed by atoms with Crippen LogP contribution in [0.4, 0.5) is 0 Å². The third-order valence-electron chi connectivity index (χ3n) is 3.14. The Morgan fingerprint density at radius 2 is 1.74 bits per heavy atom. The molecule has 0 N–H and O–H groups in total. The van der Waals surface area contributed by atoms with E-state index in [9.17, 15) is 0 Å². The minimum absolute atomic E-state index is 0.161. The predicted octanol–water partition coefficient (Wildman–Crippen LogP) is 4.69. The largest absolute Gasteiger partial charge is 0.419 e. The lowest BCUT2D eigenvalue weighted by Crippen LogP contribution is -2.02. The first-order valence-electron chi connectivity index (χ1n) is 6.56. The molecule has 0 aliphatic carbocycles. The van der Waals surface area contributed by atoms with Crippen molar-refractivity contribution in [2.24, 2.45) is 0 Å². The lowest BCUT2D eigenvalue weighted by Gasteiger charge is -2.17. The number of nitriles is 1. The molecule has 96 valence electrons.